The Morgan fingerprint density at radius 2 is 1.92 bits per heavy atom. The molecule has 2 rings (SSSR count). The van der Waals surface area contributed by atoms with Gasteiger partial charge in [0.05, 0.1) is 13.1 Å². The molecule has 1 aromatic rings. The predicted molar refractivity (Wildman–Crippen MR) is 94.8 cm³/mol. The summed E-state index contributed by atoms with van der Waals surface area (Å²) in [6, 6.07) is 6.74. The van der Waals surface area contributed by atoms with Gasteiger partial charge in [0, 0.05) is 25.0 Å². The van der Waals surface area contributed by atoms with E-state index in [2.05, 4.69) is 15.6 Å². The van der Waals surface area contributed by atoms with E-state index in [-0.39, 0.29) is 17.8 Å². The van der Waals surface area contributed by atoms with E-state index in [1.165, 1.54) is 18.0 Å². The summed E-state index contributed by atoms with van der Waals surface area (Å²) in [6.45, 7) is 2.63. The summed E-state index contributed by atoms with van der Waals surface area (Å²) in [6.07, 6.45) is -2.44. The molecule has 8 heteroatoms. The number of rotatable bonds is 8. The van der Waals surface area contributed by atoms with E-state index >= 15 is 0 Å². The second-order valence-electron chi connectivity index (χ2n) is 6.74. The molecule has 0 unspecified atom stereocenters. The van der Waals surface area contributed by atoms with E-state index in [9.17, 15) is 17.6 Å². The first-order chi connectivity index (χ1) is 12.3. The molecule has 0 heterocycles. The van der Waals surface area contributed by atoms with Crippen LogP contribution < -0.4 is 10.6 Å². The number of benzene rings is 1. The molecule has 0 radical (unpaired) electrons. The number of hydrogen-bond donors (Lipinski definition) is 2. The highest BCUT2D eigenvalue weighted by atomic mass is 19.4. The SMILES string of the molecule is CCNC(=NCC1(c2ccccc2F)CC1)NCCN(C)CC(F)(F)F. The quantitative estimate of drug-likeness (QED) is 0.418. The lowest BCUT2D eigenvalue weighted by atomic mass is 9.95. The van der Waals surface area contributed by atoms with Gasteiger partial charge in [0.2, 0.25) is 0 Å². The standard InChI is InChI=1S/C18H26F4N4/c1-3-23-16(24-10-11-26(2)13-18(20,21)22)25-12-17(8-9-17)14-6-4-5-7-15(14)19/h4-7H,3,8-13H2,1-2H3,(H2,23,24,25). The Balaban J connectivity index is 1.90. The molecule has 1 aliphatic carbocycles. The van der Waals surface area contributed by atoms with Crippen LogP contribution in [0.5, 0.6) is 0 Å². The van der Waals surface area contributed by atoms with Crippen LogP contribution in [0.15, 0.2) is 29.3 Å². The third kappa shape index (κ3) is 6.16. The Morgan fingerprint density at radius 3 is 2.50 bits per heavy atom. The third-order valence-corrected chi connectivity index (χ3v) is 4.42. The first kappa shape index (κ1) is 20.5. The lowest BCUT2D eigenvalue weighted by molar-refractivity contribution is -0.142. The second kappa shape index (κ2) is 8.70. The zero-order chi connectivity index (χ0) is 19.2. The van der Waals surface area contributed by atoms with E-state index in [4.69, 9.17) is 0 Å². The monoisotopic (exact) mass is 374 g/mol. The molecule has 0 spiro atoms. The Morgan fingerprint density at radius 1 is 1.23 bits per heavy atom. The van der Waals surface area contributed by atoms with Gasteiger partial charge in [0.25, 0.3) is 0 Å². The largest absolute Gasteiger partial charge is 0.401 e. The fourth-order valence-electron chi connectivity index (χ4n) is 2.88. The van der Waals surface area contributed by atoms with Gasteiger partial charge in [-0.2, -0.15) is 13.2 Å². The minimum Gasteiger partial charge on any atom is -0.357 e. The van der Waals surface area contributed by atoms with Crippen LogP contribution in [0.4, 0.5) is 17.6 Å². The maximum absolute atomic E-state index is 14.0. The summed E-state index contributed by atoms with van der Waals surface area (Å²) in [5.41, 5.74) is 0.422. The summed E-state index contributed by atoms with van der Waals surface area (Å²) in [7, 11) is 1.43. The van der Waals surface area contributed by atoms with Gasteiger partial charge < -0.3 is 10.6 Å². The Kier molecular flexibility index (Phi) is 6.86. The number of nitrogens with zero attached hydrogens (tertiary/aromatic N) is 2. The summed E-state index contributed by atoms with van der Waals surface area (Å²) in [5.74, 6) is 0.322. The molecule has 0 aromatic heterocycles. The van der Waals surface area contributed by atoms with Crippen molar-refractivity contribution in [2.45, 2.75) is 31.4 Å². The molecule has 1 fully saturated rings. The highest BCUT2D eigenvalue weighted by Crippen LogP contribution is 2.49. The molecule has 0 saturated heterocycles. The van der Waals surface area contributed by atoms with Crippen molar-refractivity contribution in [3.05, 3.63) is 35.6 Å². The molecular formula is C18H26F4N4. The number of hydrogen-bond acceptors (Lipinski definition) is 2. The van der Waals surface area contributed by atoms with Gasteiger partial charge in [0.15, 0.2) is 5.96 Å². The van der Waals surface area contributed by atoms with Gasteiger partial charge in [-0.05, 0) is 38.4 Å². The van der Waals surface area contributed by atoms with Crippen LogP contribution in [-0.4, -0.2) is 56.8 Å². The molecular weight excluding hydrogens is 348 g/mol. The van der Waals surface area contributed by atoms with Crippen molar-refractivity contribution in [2.75, 3.05) is 39.8 Å². The maximum Gasteiger partial charge on any atom is 0.401 e. The van der Waals surface area contributed by atoms with Crippen LogP contribution in [0.1, 0.15) is 25.3 Å². The van der Waals surface area contributed by atoms with Gasteiger partial charge >= 0.3 is 6.18 Å². The molecule has 2 N–H and O–H groups in total. The average Bonchev–Trinajstić information content (AvgIpc) is 3.32. The van der Waals surface area contributed by atoms with Crippen molar-refractivity contribution in [3.8, 4) is 0 Å². The number of guanidine groups is 1. The highest BCUT2D eigenvalue weighted by molar-refractivity contribution is 5.79. The lowest BCUT2D eigenvalue weighted by Gasteiger charge is -2.20. The molecule has 1 saturated carbocycles. The molecule has 1 aliphatic rings. The van der Waals surface area contributed by atoms with Gasteiger partial charge in [-0.25, -0.2) is 4.39 Å². The van der Waals surface area contributed by atoms with E-state index < -0.39 is 12.7 Å². The molecule has 0 bridgehead atoms. The summed E-state index contributed by atoms with van der Waals surface area (Å²) < 4.78 is 51.1. The van der Waals surface area contributed by atoms with Crippen molar-refractivity contribution < 1.29 is 17.6 Å². The molecule has 4 nitrogen and oxygen atoms in total. The smallest absolute Gasteiger partial charge is 0.357 e. The topological polar surface area (TPSA) is 39.7 Å². The first-order valence-electron chi connectivity index (χ1n) is 8.78. The zero-order valence-corrected chi connectivity index (χ0v) is 15.2. The fraction of sp³-hybridized carbons (Fsp3) is 0.611. The highest BCUT2D eigenvalue weighted by Gasteiger charge is 2.45. The van der Waals surface area contributed by atoms with Gasteiger partial charge in [-0.3, -0.25) is 9.89 Å². The summed E-state index contributed by atoms with van der Waals surface area (Å²) >= 11 is 0. The van der Waals surface area contributed by atoms with E-state index in [1.807, 2.05) is 13.0 Å². The van der Waals surface area contributed by atoms with Crippen LogP contribution in [0.25, 0.3) is 0 Å². The molecule has 26 heavy (non-hydrogen) atoms. The van der Waals surface area contributed by atoms with Crippen LogP contribution in [0, 0.1) is 5.82 Å². The lowest BCUT2D eigenvalue weighted by Crippen LogP contribution is -2.42. The normalized spacial score (nSPS) is 16.7. The van der Waals surface area contributed by atoms with E-state index in [0.29, 0.717) is 31.2 Å². The summed E-state index contributed by atoms with van der Waals surface area (Å²) in [5, 5.41) is 6.12. The second-order valence-corrected chi connectivity index (χ2v) is 6.74. The number of nitrogens with one attached hydrogen (secondary N) is 2. The molecule has 0 atom stereocenters. The number of aliphatic imine (C=N–C) groups is 1. The number of alkyl halides is 3. The van der Waals surface area contributed by atoms with Crippen LogP contribution >= 0.6 is 0 Å². The van der Waals surface area contributed by atoms with Crippen molar-refractivity contribution >= 4 is 5.96 Å². The van der Waals surface area contributed by atoms with Crippen LogP contribution in [0.2, 0.25) is 0 Å². The average molecular weight is 374 g/mol. The van der Waals surface area contributed by atoms with Crippen LogP contribution in [-0.2, 0) is 5.41 Å². The van der Waals surface area contributed by atoms with Crippen molar-refractivity contribution in [1.82, 2.24) is 15.5 Å². The zero-order valence-electron chi connectivity index (χ0n) is 15.2. The van der Waals surface area contributed by atoms with Crippen LogP contribution in [0.3, 0.4) is 0 Å². The number of halogens is 4. The minimum atomic E-state index is -4.20. The van der Waals surface area contributed by atoms with Crippen molar-refractivity contribution in [2.24, 2.45) is 4.99 Å². The van der Waals surface area contributed by atoms with Gasteiger partial charge in [0.1, 0.15) is 5.82 Å². The predicted octanol–water partition coefficient (Wildman–Crippen LogP) is 2.91. The number of likely N-dealkylation sites (N-methyl/N-ethyl adjacent to an activating group) is 1. The molecule has 146 valence electrons. The maximum atomic E-state index is 14.0. The van der Waals surface area contributed by atoms with E-state index in [1.54, 1.807) is 12.1 Å². The summed E-state index contributed by atoms with van der Waals surface area (Å²) in [4.78, 5) is 5.73. The Hall–Kier alpha value is -1.83. The first-order valence-corrected chi connectivity index (χ1v) is 8.78. The van der Waals surface area contributed by atoms with Crippen molar-refractivity contribution in [3.63, 3.8) is 0 Å². The third-order valence-electron chi connectivity index (χ3n) is 4.42. The Labute approximate surface area is 151 Å². The Bertz CT molecular complexity index is 611. The van der Waals surface area contributed by atoms with Gasteiger partial charge in [-0.15, -0.1) is 0 Å². The molecule has 0 amide bonds. The fourth-order valence-corrected chi connectivity index (χ4v) is 2.88. The molecule has 0 aliphatic heterocycles. The van der Waals surface area contributed by atoms with E-state index in [0.717, 1.165) is 12.8 Å². The molecule has 1 aromatic carbocycles. The minimum absolute atomic E-state index is 0.216. The van der Waals surface area contributed by atoms with Gasteiger partial charge in [-0.1, -0.05) is 18.2 Å². The van der Waals surface area contributed by atoms with Crippen molar-refractivity contribution in [1.29, 1.82) is 0 Å².